The van der Waals surface area contributed by atoms with Crippen LogP contribution in [-0.2, 0) is 10.4 Å². The van der Waals surface area contributed by atoms with Crippen LogP contribution in [0.4, 0.5) is 0 Å². The van der Waals surface area contributed by atoms with Gasteiger partial charge in [0.25, 0.3) is 0 Å². The second kappa shape index (κ2) is 4.82. The fraction of sp³-hybridized carbons (Fsp3) is 0.533. The molecule has 0 spiro atoms. The highest BCUT2D eigenvalue weighted by Crippen LogP contribution is 2.43. The third-order valence-electron chi connectivity index (χ3n) is 4.06. The van der Waals surface area contributed by atoms with Crippen molar-refractivity contribution in [2.24, 2.45) is 0 Å². The number of rotatable bonds is 3. The molecule has 1 fully saturated rings. The smallest absolute Gasteiger partial charge is 0.176 e. The van der Waals surface area contributed by atoms with Gasteiger partial charge in [0, 0.05) is 0 Å². The zero-order chi connectivity index (χ0) is 13.2. The first-order valence-corrected chi connectivity index (χ1v) is 6.52. The predicted octanol–water partition coefficient (Wildman–Crippen LogP) is 2.16. The maximum atomic E-state index is 12.0. The third-order valence-corrected chi connectivity index (χ3v) is 4.06. The third kappa shape index (κ3) is 1.98. The summed E-state index contributed by atoms with van der Waals surface area (Å²) in [6, 6.07) is 8.78. The molecule has 1 aliphatic rings. The molecule has 1 atom stereocenters. The van der Waals surface area contributed by atoms with Crippen molar-refractivity contribution in [3.05, 3.63) is 35.9 Å². The summed E-state index contributed by atoms with van der Waals surface area (Å²) in [6.07, 6.45) is 3.68. The summed E-state index contributed by atoms with van der Waals surface area (Å²) in [5.74, 6) is -0.391. The molecular formula is C15H20O3. The van der Waals surface area contributed by atoms with Crippen LogP contribution in [0.1, 0.15) is 44.6 Å². The molecule has 2 N–H and O–H groups in total. The van der Waals surface area contributed by atoms with Gasteiger partial charge in [-0.2, -0.15) is 0 Å². The van der Waals surface area contributed by atoms with E-state index in [1.807, 2.05) is 6.07 Å². The number of hydrogen-bond donors (Lipinski definition) is 2. The van der Waals surface area contributed by atoms with Gasteiger partial charge in [-0.3, -0.25) is 4.79 Å². The Kier molecular flexibility index (Phi) is 3.55. The fourth-order valence-corrected chi connectivity index (χ4v) is 2.98. The Hall–Kier alpha value is -1.19. The largest absolute Gasteiger partial charge is 0.386 e. The molecule has 2 rings (SSSR count). The van der Waals surface area contributed by atoms with Crippen LogP contribution in [-0.4, -0.2) is 21.6 Å². The normalized spacial score (nSPS) is 22.2. The number of ketones is 1. The van der Waals surface area contributed by atoms with E-state index in [1.54, 1.807) is 24.3 Å². The minimum atomic E-state index is -1.78. The molecule has 1 aromatic rings. The fourth-order valence-electron chi connectivity index (χ4n) is 2.98. The molecule has 0 aromatic heterocycles. The summed E-state index contributed by atoms with van der Waals surface area (Å²) >= 11 is 0. The van der Waals surface area contributed by atoms with Crippen molar-refractivity contribution in [1.82, 2.24) is 0 Å². The van der Waals surface area contributed by atoms with E-state index in [1.165, 1.54) is 6.92 Å². The van der Waals surface area contributed by atoms with Gasteiger partial charge in [0.1, 0.15) is 5.60 Å². The maximum Gasteiger partial charge on any atom is 0.176 e. The number of aliphatic hydroxyl groups is 2. The summed E-state index contributed by atoms with van der Waals surface area (Å²) in [6.45, 7) is 1.35. The van der Waals surface area contributed by atoms with Crippen LogP contribution >= 0.6 is 0 Å². The molecule has 3 heteroatoms. The van der Waals surface area contributed by atoms with E-state index < -0.39 is 17.0 Å². The standard InChI is InChI=1S/C15H20O3/c1-12(16)15(18,13-8-4-2-5-9-13)14(17)10-6-3-7-11-14/h2,4-5,8-9,17-18H,3,6-7,10-11H2,1H3. The van der Waals surface area contributed by atoms with Gasteiger partial charge in [-0.15, -0.1) is 0 Å². The van der Waals surface area contributed by atoms with E-state index in [2.05, 4.69) is 0 Å². The molecule has 1 aromatic carbocycles. The molecule has 18 heavy (non-hydrogen) atoms. The van der Waals surface area contributed by atoms with Gasteiger partial charge in [-0.1, -0.05) is 49.6 Å². The number of hydrogen-bond acceptors (Lipinski definition) is 3. The molecule has 0 heterocycles. The van der Waals surface area contributed by atoms with Crippen molar-refractivity contribution in [2.45, 2.75) is 50.2 Å². The number of carbonyl (C=O) groups is 1. The van der Waals surface area contributed by atoms with Crippen molar-refractivity contribution in [1.29, 1.82) is 0 Å². The molecule has 1 aliphatic carbocycles. The van der Waals surface area contributed by atoms with Crippen molar-refractivity contribution >= 4 is 5.78 Å². The summed E-state index contributed by atoms with van der Waals surface area (Å²) in [5, 5.41) is 21.6. The summed E-state index contributed by atoms with van der Waals surface area (Å²) in [4.78, 5) is 12.0. The van der Waals surface area contributed by atoms with E-state index >= 15 is 0 Å². The molecule has 0 bridgehead atoms. The van der Waals surface area contributed by atoms with Crippen LogP contribution in [0.5, 0.6) is 0 Å². The first-order chi connectivity index (χ1) is 8.51. The van der Waals surface area contributed by atoms with Crippen molar-refractivity contribution in [3.8, 4) is 0 Å². The first-order valence-electron chi connectivity index (χ1n) is 6.52. The van der Waals surface area contributed by atoms with E-state index in [9.17, 15) is 15.0 Å². The highest BCUT2D eigenvalue weighted by atomic mass is 16.4. The van der Waals surface area contributed by atoms with Crippen LogP contribution in [0.3, 0.4) is 0 Å². The lowest BCUT2D eigenvalue weighted by Gasteiger charge is -2.44. The number of benzene rings is 1. The Bertz CT molecular complexity index is 421. The van der Waals surface area contributed by atoms with Crippen LogP contribution < -0.4 is 0 Å². The quantitative estimate of drug-likeness (QED) is 0.861. The Balaban J connectivity index is 2.47. The van der Waals surface area contributed by atoms with Crippen LogP contribution in [0.15, 0.2) is 30.3 Å². The highest BCUT2D eigenvalue weighted by Gasteiger charge is 2.53. The van der Waals surface area contributed by atoms with Crippen LogP contribution in [0.25, 0.3) is 0 Å². The molecule has 98 valence electrons. The lowest BCUT2D eigenvalue weighted by atomic mass is 9.68. The van der Waals surface area contributed by atoms with E-state index in [4.69, 9.17) is 0 Å². The van der Waals surface area contributed by atoms with Gasteiger partial charge >= 0.3 is 0 Å². The molecule has 3 nitrogen and oxygen atoms in total. The van der Waals surface area contributed by atoms with Gasteiger partial charge in [0.15, 0.2) is 11.4 Å². The Morgan fingerprint density at radius 2 is 1.72 bits per heavy atom. The summed E-state index contributed by atoms with van der Waals surface area (Å²) in [5.41, 5.74) is -2.63. The average molecular weight is 248 g/mol. The van der Waals surface area contributed by atoms with E-state index in [-0.39, 0.29) is 0 Å². The predicted molar refractivity (Wildman–Crippen MR) is 69.1 cm³/mol. The molecule has 0 amide bonds. The molecule has 0 aliphatic heterocycles. The SMILES string of the molecule is CC(=O)C(O)(c1ccccc1)C1(O)CCCCC1. The van der Waals surface area contributed by atoms with Gasteiger partial charge in [-0.25, -0.2) is 0 Å². The number of Topliss-reactive ketones (excluding diaryl/α,β-unsaturated/α-hetero) is 1. The zero-order valence-corrected chi connectivity index (χ0v) is 10.7. The highest BCUT2D eigenvalue weighted by molar-refractivity contribution is 5.87. The van der Waals surface area contributed by atoms with E-state index in [0.29, 0.717) is 18.4 Å². The van der Waals surface area contributed by atoms with Gasteiger partial charge < -0.3 is 10.2 Å². The molecule has 0 radical (unpaired) electrons. The van der Waals surface area contributed by atoms with Gasteiger partial charge in [0.05, 0.1) is 0 Å². The van der Waals surface area contributed by atoms with E-state index in [0.717, 1.165) is 19.3 Å². The lowest BCUT2D eigenvalue weighted by molar-refractivity contribution is -0.184. The zero-order valence-electron chi connectivity index (χ0n) is 10.7. The number of carbonyl (C=O) groups excluding carboxylic acids is 1. The van der Waals surface area contributed by atoms with Crippen molar-refractivity contribution in [3.63, 3.8) is 0 Å². The molecule has 1 saturated carbocycles. The maximum absolute atomic E-state index is 12.0. The Labute approximate surface area is 107 Å². The first kappa shape index (κ1) is 13.2. The molecule has 1 unspecified atom stereocenters. The Morgan fingerprint density at radius 1 is 1.17 bits per heavy atom. The minimum absolute atomic E-state index is 0.391. The summed E-state index contributed by atoms with van der Waals surface area (Å²) in [7, 11) is 0. The Morgan fingerprint density at radius 3 is 2.22 bits per heavy atom. The van der Waals surface area contributed by atoms with Crippen LogP contribution in [0, 0.1) is 0 Å². The second-order valence-electron chi connectivity index (χ2n) is 5.22. The van der Waals surface area contributed by atoms with Gasteiger partial charge in [0.2, 0.25) is 0 Å². The second-order valence-corrected chi connectivity index (χ2v) is 5.22. The van der Waals surface area contributed by atoms with Crippen LogP contribution in [0.2, 0.25) is 0 Å². The van der Waals surface area contributed by atoms with Gasteiger partial charge in [-0.05, 0) is 25.3 Å². The van der Waals surface area contributed by atoms with Crippen molar-refractivity contribution < 1.29 is 15.0 Å². The lowest BCUT2D eigenvalue weighted by Crippen LogP contribution is -2.57. The molecular weight excluding hydrogens is 228 g/mol. The molecule has 0 saturated heterocycles. The minimum Gasteiger partial charge on any atom is -0.386 e. The average Bonchev–Trinajstić information content (AvgIpc) is 2.39. The van der Waals surface area contributed by atoms with Crippen molar-refractivity contribution in [2.75, 3.05) is 0 Å². The summed E-state index contributed by atoms with van der Waals surface area (Å²) < 4.78 is 0. The topological polar surface area (TPSA) is 57.5 Å². The monoisotopic (exact) mass is 248 g/mol.